The van der Waals surface area contributed by atoms with Gasteiger partial charge in [-0.1, -0.05) is 0 Å². The van der Waals surface area contributed by atoms with Gasteiger partial charge in [0.25, 0.3) is 0 Å². The molecule has 8 nitrogen and oxygen atoms in total. The SMILES string of the molecule is CCOC(=O)C1CCCN(Nc2c(NC=O)cnc3[nH]ccc23)C1. The highest BCUT2D eigenvalue weighted by Gasteiger charge is 2.27. The van der Waals surface area contributed by atoms with Crippen molar-refractivity contribution in [3.8, 4) is 0 Å². The van der Waals surface area contributed by atoms with Crippen LogP contribution in [0.1, 0.15) is 19.8 Å². The first-order chi connectivity index (χ1) is 11.7. The van der Waals surface area contributed by atoms with E-state index < -0.39 is 0 Å². The first-order valence-corrected chi connectivity index (χ1v) is 8.07. The van der Waals surface area contributed by atoms with Crippen LogP contribution in [0.5, 0.6) is 0 Å². The molecule has 0 bridgehead atoms. The molecule has 0 aliphatic carbocycles. The normalized spacial score (nSPS) is 18.3. The van der Waals surface area contributed by atoms with Crippen molar-refractivity contribution in [2.75, 3.05) is 30.4 Å². The van der Waals surface area contributed by atoms with Crippen molar-refractivity contribution in [3.05, 3.63) is 18.5 Å². The third kappa shape index (κ3) is 3.33. The van der Waals surface area contributed by atoms with Crippen LogP contribution >= 0.6 is 0 Å². The van der Waals surface area contributed by atoms with Gasteiger partial charge in [0.1, 0.15) is 5.65 Å². The van der Waals surface area contributed by atoms with Crippen LogP contribution in [0.2, 0.25) is 0 Å². The number of aromatic amines is 1. The van der Waals surface area contributed by atoms with E-state index in [9.17, 15) is 9.59 Å². The zero-order valence-electron chi connectivity index (χ0n) is 13.5. The van der Waals surface area contributed by atoms with E-state index in [-0.39, 0.29) is 11.9 Å². The predicted octanol–water partition coefficient (Wildman–Crippen LogP) is 1.73. The van der Waals surface area contributed by atoms with Gasteiger partial charge in [0.15, 0.2) is 0 Å². The summed E-state index contributed by atoms with van der Waals surface area (Å²) < 4.78 is 5.13. The lowest BCUT2D eigenvalue weighted by Gasteiger charge is -2.32. The van der Waals surface area contributed by atoms with E-state index in [1.807, 2.05) is 18.0 Å². The summed E-state index contributed by atoms with van der Waals surface area (Å²) in [5, 5.41) is 5.53. The maximum atomic E-state index is 12.0. The highest BCUT2D eigenvalue weighted by atomic mass is 16.5. The van der Waals surface area contributed by atoms with Gasteiger partial charge in [-0.05, 0) is 25.8 Å². The predicted molar refractivity (Wildman–Crippen MR) is 90.3 cm³/mol. The standard InChI is InChI=1S/C16H21N5O3/c1-2-24-16(23)11-4-3-7-21(9-11)20-14-12-5-6-17-15(12)18-8-13(14)19-10-22/h5-6,8,10-11H,2-4,7,9H2,1H3,(H,19,22)(H2,17,18,20). The lowest BCUT2D eigenvalue weighted by Crippen LogP contribution is -2.42. The number of rotatable bonds is 6. The minimum absolute atomic E-state index is 0.141. The average Bonchev–Trinajstić information content (AvgIpc) is 3.06. The molecule has 128 valence electrons. The van der Waals surface area contributed by atoms with Gasteiger partial charge in [0.2, 0.25) is 6.41 Å². The Morgan fingerprint density at radius 1 is 1.58 bits per heavy atom. The van der Waals surface area contributed by atoms with Crippen LogP contribution in [0.4, 0.5) is 11.4 Å². The Kier molecular flexibility index (Phi) is 4.95. The molecule has 3 heterocycles. The fourth-order valence-electron chi connectivity index (χ4n) is 2.99. The molecule has 0 spiro atoms. The molecular weight excluding hydrogens is 310 g/mol. The zero-order chi connectivity index (χ0) is 16.9. The van der Waals surface area contributed by atoms with Gasteiger partial charge in [-0.25, -0.2) is 9.99 Å². The summed E-state index contributed by atoms with van der Waals surface area (Å²) in [4.78, 5) is 30.2. The molecule has 2 aromatic heterocycles. The number of H-pyrrole nitrogens is 1. The summed E-state index contributed by atoms with van der Waals surface area (Å²) in [6.45, 7) is 3.58. The number of hydrazine groups is 1. The van der Waals surface area contributed by atoms with Gasteiger partial charge in [-0.3, -0.25) is 9.59 Å². The molecule has 3 rings (SSSR count). The van der Waals surface area contributed by atoms with Gasteiger partial charge in [0.05, 0.1) is 30.1 Å². The van der Waals surface area contributed by atoms with Crippen LogP contribution in [0, 0.1) is 5.92 Å². The number of piperidine rings is 1. The molecule has 1 fully saturated rings. The lowest BCUT2D eigenvalue weighted by molar-refractivity contribution is -0.149. The highest BCUT2D eigenvalue weighted by molar-refractivity contribution is 5.98. The Balaban J connectivity index is 1.80. The van der Waals surface area contributed by atoms with E-state index in [1.165, 1.54) is 0 Å². The fraction of sp³-hybridized carbons (Fsp3) is 0.438. The summed E-state index contributed by atoms with van der Waals surface area (Å²) in [6, 6.07) is 1.90. The molecule has 1 amide bonds. The molecule has 3 N–H and O–H groups in total. The fourth-order valence-corrected chi connectivity index (χ4v) is 2.99. The average molecular weight is 331 g/mol. The number of ether oxygens (including phenoxy) is 1. The van der Waals surface area contributed by atoms with Crippen molar-refractivity contribution < 1.29 is 14.3 Å². The number of pyridine rings is 1. The highest BCUT2D eigenvalue weighted by Crippen LogP contribution is 2.30. The second-order valence-electron chi connectivity index (χ2n) is 5.70. The molecule has 1 unspecified atom stereocenters. The van der Waals surface area contributed by atoms with Crippen molar-refractivity contribution >= 4 is 34.8 Å². The summed E-state index contributed by atoms with van der Waals surface area (Å²) in [7, 11) is 0. The van der Waals surface area contributed by atoms with Crippen molar-refractivity contribution in [2.24, 2.45) is 5.92 Å². The summed E-state index contributed by atoms with van der Waals surface area (Å²) in [5.74, 6) is -0.297. The number of amides is 1. The molecule has 24 heavy (non-hydrogen) atoms. The maximum Gasteiger partial charge on any atom is 0.310 e. The Morgan fingerprint density at radius 2 is 2.46 bits per heavy atom. The molecule has 8 heteroatoms. The monoisotopic (exact) mass is 331 g/mol. The van der Waals surface area contributed by atoms with E-state index in [0.717, 1.165) is 36.1 Å². The van der Waals surface area contributed by atoms with Crippen LogP contribution in [0.3, 0.4) is 0 Å². The van der Waals surface area contributed by atoms with Gasteiger partial charge in [-0.15, -0.1) is 0 Å². The van der Waals surface area contributed by atoms with Crippen LogP contribution < -0.4 is 10.7 Å². The molecule has 0 saturated carbocycles. The summed E-state index contributed by atoms with van der Waals surface area (Å²) in [6.07, 6.45) is 5.74. The van der Waals surface area contributed by atoms with Crippen LogP contribution in [0.15, 0.2) is 18.5 Å². The van der Waals surface area contributed by atoms with E-state index in [0.29, 0.717) is 25.2 Å². The number of carbonyl (C=O) groups excluding carboxylic acids is 2. The number of esters is 1. The van der Waals surface area contributed by atoms with Gasteiger partial charge in [-0.2, -0.15) is 0 Å². The first-order valence-electron chi connectivity index (χ1n) is 8.07. The van der Waals surface area contributed by atoms with Crippen molar-refractivity contribution in [1.82, 2.24) is 15.0 Å². The molecule has 1 atom stereocenters. The van der Waals surface area contributed by atoms with Crippen molar-refractivity contribution in [3.63, 3.8) is 0 Å². The molecule has 0 aromatic carbocycles. The Hall–Kier alpha value is -2.61. The summed E-state index contributed by atoms with van der Waals surface area (Å²) in [5.41, 5.74) is 5.42. The number of nitrogens with zero attached hydrogens (tertiary/aromatic N) is 2. The third-order valence-electron chi connectivity index (χ3n) is 4.11. The van der Waals surface area contributed by atoms with E-state index >= 15 is 0 Å². The summed E-state index contributed by atoms with van der Waals surface area (Å²) >= 11 is 0. The molecule has 1 aliphatic rings. The Morgan fingerprint density at radius 3 is 3.25 bits per heavy atom. The van der Waals surface area contributed by atoms with Gasteiger partial charge >= 0.3 is 5.97 Å². The van der Waals surface area contributed by atoms with Crippen molar-refractivity contribution in [2.45, 2.75) is 19.8 Å². The van der Waals surface area contributed by atoms with Gasteiger partial charge in [0, 0.05) is 24.7 Å². The number of carbonyl (C=O) groups is 2. The molecule has 1 saturated heterocycles. The van der Waals surface area contributed by atoms with E-state index in [1.54, 1.807) is 12.4 Å². The third-order valence-corrected chi connectivity index (χ3v) is 4.11. The number of aromatic nitrogens is 2. The van der Waals surface area contributed by atoms with Gasteiger partial charge < -0.3 is 20.5 Å². The van der Waals surface area contributed by atoms with Crippen molar-refractivity contribution in [1.29, 1.82) is 0 Å². The maximum absolute atomic E-state index is 12.0. The largest absolute Gasteiger partial charge is 0.466 e. The number of hydrogen-bond donors (Lipinski definition) is 3. The lowest BCUT2D eigenvalue weighted by atomic mass is 9.99. The second kappa shape index (κ2) is 7.31. The molecule has 2 aromatic rings. The molecule has 1 aliphatic heterocycles. The molecular formula is C16H21N5O3. The number of anilines is 2. The topological polar surface area (TPSA) is 99.3 Å². The number of fused-ring (bicyclic) bond motifs is 1. The zero-order valence-corrected chi connectivity index (χ0v) is 13.5. The molecule has 0 radical (unpaired) electrons. The van der Waals surface area contributed by atoms with Crippen LogP contribution in [-0.2, 0) is 14.3 Å². The van der Waals surface area contributed by atoms with E-state index in [2.05, 4.69) is 20.7 Å². The smallest absolute Gasteiger partial charge is 0.310 e. The van der Waals surface area contributed by atoms with Crippen LogP contribution in [-0.4, -0.2) is 47.1 Å². The number of nitrogens with one attached hydrogen (secondary N) is 3. The first kappa shape index (κ1) is 16.3. The Bertz CT molecular complexity index is 730. The van der Waals surface area contributed by atoms with Crippen LogP contribution in [0.25, 0.3) is 11.0 Å². The van der Waals surface area contributed by atoms with E-state index in [4.69, 9.17) is 4.74 Å². The minimum Gasteiger partial charge on any atom is -0.466 e. The Labute approximate surface area is 139 Å². The number of hydrogen-bond acceptors (Lipinski definition) is 6. The second-order valence-corrected chi connectivity index (χ2v) is 5.70. The quantitative estimate of drug-likeness (QED) is 0.551. The minimum atomic E-state index is -0.156.